The molecule has 0 aliphatic carbocycles. The van der Waals surface area contributed by atoms with E-state index in [9.17, 15) is 0 Å². The molecule has 2 aromatic rings. The molecule has 0 saturated heterocycles. The third-order valence-electron chi connectivity index (χ3n) is 2.88. The molecule has 2 N–H and O–H groups in total. The average Bonchev–Trinajstić information content (AvgIpc) is 2.27. The third-order valence-corrected chi connectivity index (χ3v) is 2.88. The van der Waals surface area contributed by atoms with Crippen LogP contribution in [0.2, 0.25) is 0 Å². The quantitative estimate of drug-likeness (QED) is 0.809. The number of aromatic nitrogens is 1. The molecule has 0 aliphatic rings. The molecule has 0 aliphatic heterocycles. The summed E-state index contributed by atoms with van der Waals surface area (Å²) in [6.07, 6.45) is 0. The van der Waals surface area contributed by atoms with E-state index in [1.54, 1.807) is 0 Å². The second-order valence-electron chi connectivity index (χ2n) is 4.08. The molecule has 2 rings (SSSR count). The summed E-state index contributed by atoms with van der Waals surface area (Å²) in [7, 11) is 0. The Hall–Kier alpha value is -1.41. The SMILES string of the molecule is CC(N)C(C)c1ccc2ccccc2n1. The van der Waals surface area contributed by atoms with Gasteiger partial charge in [0.2, 0.25) is 0 Å². The summed E-state index contributed by atoms with van der Waals surface area (Å²) >= 11 is 0. The van der Waals surface area contributed by atoms with Crippen molar-refractivity contribution in [1.29, 1.82) is 0 Å². The molecular formula is C13H16N2. The molecule has 0 bridgehead atoms. The lowest BCUT2D eigenvalue weighted by Gasteiger charge is -2.15. The summed E-state index contributed by atoms with van der Waals surface area (Å²) in [5.41, 5.74) is 7.99. The molecule has 0 spiro atoms. The molecular weight excluding hydrogens is 184 g/mol. The first kappa shape index (κ1) is 10.1. The second-order valence-corrected chi connectivity index (χ2v) is 4.08. The first-order chi connectivity index (χ1) is 7.18. The Bertz CT molecular complexity index is 463. The van der Waals surface area contributed by atoms with Crippen molar-refractivity contribution >= 4 is 10.9 Å². The lowest BCUT2D eigenvalue weighted by atomic mass is 9.99. The summed E-state index contributed by atoms with van der Waals surface area (Å²) < 4.78 is 0. The molecule has 0 fully saturated rings. The number of hydrogen-bond acceptors (Lipinski definition) is 2. The maximum absolute atomic E-state index is 5.87. The Balaban J connectivity index is 2.47. The number of hydrogen-bond donors (Lipinski definition) is 1. The second kappa shape index (κ2) is 3.99. The van der Waals surface area contributed by atoms with E-state index in [4.69, 9.17) is 5.73 Å². The van der Waals surface area contributed by atoms with Crippen LogP contribution in [0.5, 0.6) is 0 Å². The number of pyridine rings is 1. The highest BCUT2D eigenvalue weighted by atomic mass is 14.7. The Morgan fingerprint density at radius 2 is 1.80 bits per heavy atom. The number of para-hydroxylation sites is 1. The first-order valence-corrected chi connectivity index (χ1v) is 5.30. The summed E-state index contributed by atoms with van der Waals surface area (Å²) in [6.45, 7) is 4.13. The van der Waals surface area contributed by atoms with Crippen LogP contribution < -0.4 is 5.73 Å². The van der Waals surface area contributed by atoms with E-state index in [1.807, 2.05) is 25.1 Å². The molecule has 0 radical (unpaired) electrons. The molecule has 0 amide bonds. The van der Waals surface area contributed by atoms with Gasteiger partial charge in [-0.1, -0.05) is 31.2 Å². The minimum absolute atomic E-state index is 0.138. The standard InChI is InChI=1S/C13H16N2/c1-9(10(2)14)12-8-7-11-5-3-4-6-13(11)15-12/h3-10H,14H2,1-2H3. The predicted octanol–water partition coefficient (Wildman–Crippen LogP) is 2.69. The van der Waals surface area contributed by atoms with E-state index in [0.717, 1.165) is 11.2 Å². The van der Waals surface area contributed by atoms with Crippen molar-refractivity contribution in [3.63, 3.8) is 0 Å². The Labute approximate surface area is 90.1 Å². The van der Waals surface area contributed by atoms with Gasteiger partial charge in [0.25, 0.3) is 0 Å². The number of fused-ring (bicyclic) bond motifs is 1. The number of rotatable bonds is 2. The fourth-order valence-corrected chi connectivity index (χ4v) is 1.60. The normalized spacial score (nSPS) is 15.1. The van der Waals surface area contributed by atoms with Crippen LogP contribution >= 0.6 is 0 Å². The molecule has 0 saturated carbocycles. The van der Waals surface area contributed by atoms with E-state index >= 15 is 0 Å². The van der Waals surface area contributed by atoms with Crippen LogP contribution in [0, 0.1) is 0 Å². The van der Waals surface area contributed by atoms with Gasteiger partial charge in [-0.15, -0.1) is 0 Å². The minimum atomic E-state index is 0.138. The van der Waals surface area contributed by atoms with E-state index in [0.29, 0.717) is 5.92 Å². The average molecular weight is 200 g/mol. The van der Waals surface area contributed by atoms with Gasteiger partial charge >= 0.3 is 0 Å². The highest BCUT2D eigenvalue weighted by molar-refractivity contribution is 5.78. The fourth-order valence-electron chi connectivity index (χ4n) is 1.60. The largest absolute Gasteiger partial charge is 0.327 e. The van der Waals surface area contributed by atoms with Crippen molar-refractivity contribution in [3.05, 3.63) is 42.1 Å². The van der Waals surface area contributed by atoms with Crippen LogP contribution in [0.3, 0.4) is 0 Å². The van der Waals surface area contributed by atoms with Crippen LogP contribution in [0.4, 0.5) is 0 Å². The van der Waals surface area contributed by atoms with Gasteiger partial charge in [-0.05, 0) is 19.1 Å². The molecule has 78 valence electrons. The van der Waals surface area contributed by atoms with E-state index in [2.05, 4.69) is 30.1 Å². The van der Waals surface area contributed by atoms with Gasteiger partial charge in [-0.25, -0.2) is 0 Å². The Kier molecular flexibility index (Phi) is 2.69. The van der Waals surface area contributed by atoms with Crippen molar-refractivity contribution in [2.24, 2.45) is 5.73 Å². The number of benzene rings is 1. The molecule has 1 heterocycles. The molecule has 1 aromatic carbocycles. The Morgan fingerprint density at radius 3 is 2.53 bits per heavy atom. The monoisotopic (exact) mass is 200 g/mol. The van der Waals surface area contributed by atoms with Crippen molar-refractivity contribution in [1.82, 2.24) is 4.98 Å². The zero-order valence-corrected chi connectivity index (χ0v) is 9.14. The number of nitrogens with zero attached hydrogens (tertiary/aromatic N) is 1. The highest BCUT2D eigenvalue weighted by Crippen LogP contribution is 2.19. The lowest BCUT2D eigenvalue weighted by molar-refractivity contribution is 0.600. The summed E-state index contributed by atoms with van der Waals surface area (Å²) in [5.74, 6) is 0.301. The lowest BCUT2D eigenvalue weighted by Crippen LogP contribution is -2.23. The molecule has 2 atom stereocenters. The van der Waals surface area contributed by atoms with Gasteiger partial charge in [-0.3, -0.25) is 4.98 Å². The molecule has 2 nitrogen and oxygen atoms in total. The summed E-state index contributed by atoms with van der Waals surface area (Å²) in [5, 5.41) is 1.18. The number of nitrogens with two attached hydrogens (primary N) is 1. The zero-order chi connectivity index (χ0) is 10.8. The van der Waals surface area contributed by atoms with Gasteiger partial charge < -0.3 is 5.73 Å². The molecule has 2 unspecified atom stereocenters. The van der Waals surface area contributed by atoms with Gasteiger partial charge in [0.05, 0.1) is 5.52 Å². The Morgan fingerprint density at radius 1 is 1.07 bits per heavy atom. The summed E-state index contributed by atoms with van der Waals surface area (Å²) in [4.78, 5) is 4.62. The van der Waals surface area contributed by atoms with Crippen LogP contribution in [-0.2, 0) is 0 Å². The molecule has 1 aromatic heterocycles. The predicted molar refractivity (Wildman–Crippen MR) is 63.8 cm³/mol. The molecule has 15 heavy (non-hydrogen) atoms. The van der Waals surface area contributed by atoms with Gasteiger partial charge in [0.1, 0.15) is 0 Å². The van der Waals surface area contributed by atoms with E-state index < -0.39 is 0 Å². The van der Waals surface area contributed by atoms with Gasteiger partial charge in [-0.2, -0.15) is 0 Å². The maximum Gasteiger partial charge on any atom is 0.0705 e. The fraction of sp³-hybridized carbons (Fsp3) is 0.308. The van der Waals surface area contributed by atoms with Crippen molar-refractivity contribution in [2.45, 2.75) is 25.8 Å². The van der Waals surface area contributed by atoms with Crippen LogP contribution in [0.25, 0.3) is 10.9 Å². The van der Waals surface area contributed by atoms with Crippen molar-refractivity contribution in [2.75, 3.05) is 0 Å². The van der Waals surface area contributed by atoms with Gasteiger partial charge in [0, 0.05) is 23.0 Å². The zero-order valence-electron chi connectivity index (χ0n) is 9.14. The van der Waals surface area contributed by atoms with E-state index in [1.165, 1.54) is 5.39 Å². The first-order valence-electron chi connectivity index (χ1n) is 5.30. The van der Waals surface area contributed by atoms with Crippen LogP contribution in [-0.4, -0.2) is 11.0 Å². The van der Waals surface area contributed by atoms with Crippen molar-refractivity contribution < 1.29 is 0 Å². The van der Waals surface area contributed by atoms with Crippen LogP contribution in [0.15, 0.2) is 36.4 Å². The van der Waals surface area contributed by atoms with E-state index in [-0.39, 0.29) is 6.04 Å². The minimum Gasteiger partial charge on any atom is -0.327 e. The third kappa shape index (κ3) is 2.00. The topological polar surface area (TPSA) is 38.9 Å². The van der Waals surface area contributed by atoms with Crippen LogP contribution in [0.1, 0.15) is 25.5 Å². The maximum atomic E-state index is 5.87. The smallest absolute Gasteiger partial charge is 0.0705 e. The summed E-state index contributed by atoms with van der Waals surface area (Å²) in [6, 6.07) is 12.5. The van der Waals surface area contributed by atoms with Gasteiger partial charge in [0.15, 0.2) is 0 Å². The highest BCUT2D eigenvalue weighted by Gasteiger charge is 2.11. The molecule has 2 heteroatoms. The van der Waals surface area contributed by atoms with Crippen molar-refractivity contribution in [3.8, 4) is 0 Å².